The second kappa shape index (κ2) is 7.56. The zero-order valence-electron chi connectivity index (χ0n) is 16.0. The summed E-state index contributed by atoms with van der Waals surface area (Å²) in [4.78, 5) is 19.0. The highest BCUT2D eigenvalue weighted by Crippen LogP contribution is 2.41. The Labute approximate surface area is 168 Å². The van der Waals surface area contributed by atoms with Crippen LogP contribution in [0.2, 0.25) is 0 Å². The van der Waals surface area contributed by atoms with Gasteiger partial charge in [0, 0.05) is 17.4 Å². The van der Waals surface area contributed by atoms with Crippen LogP contribution in [0.4, 0.5) is 5.69 Å². The molecule has 0 unspecified atom stereocenters. The smallest absolute Gasteiger partial charge is 0.175 e. The molecule has 28 heavy (non-hydrogen) atoms. The minimum Gasteiger partial charge on any atom is -0.397 e. The zero-order chi connectivity index (χ0) is 19.7. The number of nitrogen functional groups attached to an aromatic ring is 1. The van der Waals surface area contributed by atoms with Gasteiger partial charge in [-0.2, -0.15) is 0 Å². The van der Waals surface area contributed by atoms with E-state index in [9.17, 15) is 4.79 Å². The normalized spacial score (nSPS) is 11.2. The number of fused-ring (bicyclic) bond motifs is 1. The number of Topliss-reactive ketones (excluding diaryl/α,β-unsaturated/α-hetero) is 1. The van der Waals surface area contributed by atoms with E-state index in [-0.39, 0.29) is 5.78 Å². The molecule has 4 rings (SSSR count). The van der Waals surface area contributed by atoms with Gasteiger partial charge in [0.2, 0.25) is 0 Å². The number of nitrogens with zero attached hydrogens (tertiary/aromatic N) is 1. The van der Waals surface area contributed by atoms with E-state index in [1.807, 2.05) is 62.4 Å². The van der Waals surface area contributed by atoms with Crippen molar-refractivity contribution in [2.24, 2.45) is 5.92 Å². The average molecular weight is 387 g/mol. The highest BCUT2D eigenvalue weighted by atomic mass is 32.1. The highest BCUT2D eigenvalue weighted by Gasteiger charge is 2.21. The number of carbonyl (C=O) groups is 1. The van der Waals surface area contributed by atoms with E-state index in [0.29, 0.717) is 22.9 Å². The molecule has 140 valence electrons. The van der Waals surface area contributed by atoms with E-state index in [0.717, 1.165) is 32.6 Å². The number of ketones is 1. The van der Waals surface area contributed by atoms with Crippen molar-refractivity contribution in [3.8, 4) is 22.4 Å². The Kier molecular flexibility index (Phi) is 4.97. The molecular weight excluding hydrogens is 364 g/mol. The van der Waals surface area contributed by atoms with Gasteiger partial charge in [-0.25, -0.2) is 4.98 Å². The quantitative estimate of drug-likeness (QED) is 0.401. The number of rotatable bonds is 5. The molecule has 0 aliphatic rings. The fourth-order valence-electron chi connectivity index (χ4n) is 3.39. The fourth-order valence-corrected chi connectivity index (χ4v) is 4.46. The minimum atomic E-state index is 0.0933. The predicted octanol–water partition coefficient (Wildman–Crippen LogP) is 6.44. The third-order valence-corrected chi connectivity index (χ3v) is 5.84. The zero-order valence-corrected chi connectivity index (χ0v) is 16.8. The van der Waals surface area contributed by atoms with Gasteiger partial charge in [0.25, 0.3) is 0 Å². The van der Waals surface area contributed by atoms with Crippen LogP contribution in [0.3, 0.4) is 0 Å². The Bertz CT molecular complexity index is 1130. The minimum absolute atomic E-state index is 0.0933. The van der Waals surface area contributed by atoms with E-state index in [1.54, 1.807) is 0 Å². The lowest BCUT2D eigenvalue weighted by atomic mass is 9.98. The van der Waals surface area contributed by atoms with Gasteiger partial charge >= 0.3 is 0 Å². The predicted molar refractivity (Wildman–Crippen MR) is 119 cm³/mol. The molecule has 2 heterocycles. The van der Waals surface area contributed by atoms with Crippen molar-refractivity contribution < 1.29 is 4.79 Å². The summed E-state index contributed by atoms with van der Waals surface area (Å²) in [6.07, 6.45) is 0.489. The van der Waals surface area contributed by atoms with E-state index in [4.69, 9.17) is 10.7 Å². The number of pyridine rings is 1. The molecule has 0 aliphatic heterocycles. The average Bonchev–Trinajstić information content (AvgIpc) is 3.05. The molecule has 0 spiro atoms. The van der Waals surface area contributed by atoms with Crippen LogP contribution in [0.1, 0.15) is 29.9 Å². The maximum absolute atomic E-state index is 12.8. The van der Waals surface area contributed by atoms with E-state index in [1.165, 1.54) is 11.3 Å². The van der Waals surface area contributed by atoms with Crippen LogP contribution in [0.25, 0.3) is 32.6 Å². The summed E-state index contributed by atoms with van der Waals surface area (Å²) in [6.45, 7) is 4.09. The van der Waals surface area contributed by atoms with Gasteiger partial charge in [0.15, 0.2) is 5.78 Å². The Balaban J connectivity index is 1.98. The second-order valence-corrected chi connectivity index (χ2v) is 8.33. The number of anilines is 1. The molecule has 0 amide bonds. The molecule has 0 bridgehead atoms. The molecule has 0 saturated carbocycles. The maximum Gasteiger partial charge on any atom is 0.175 e. The second-order valence-electron chi connectivity index (χ2n) is 7.33. The SMILES string of the molecule is CC(C)CC(=O)c1sc2nc(-c3ccccc3)cc(-c3ccccc3)c2c1N. The van der Waals surface area contributed by atoms with Crippen molar-refractivity contribution in [3.05, 3.63) is 71.6 Å². The number of thiophene rings is 1. The molecule has 2 aromatic carbocycles. The lowest BCUT2D eigenvalue weighted by Crippen LogP contribution is -2.04. The third-order valence-electron chi connectivity index (χ3n) is 4.70. The van der Waals surface area contributed by atoms with Crippen molar-refractivity contribution in [1.82, 2.24) is 4.98 Å². The van der Waals surface area contributed by atoms with Crippen LogP contribution in [0.15, 0.2) is 66.7 Å². The molecule has 0 aliphatic carbocycles. The Hall–Kier alpha value is -2.98. The fraction of sp³-hybridized carbons (Fsp3) is 0.167. The standard InChI is InChI=1S/C24H22N2OS/c1-15(2)13-20(27)23-22(25)21-18(16-9-5-3-6-10-16)14-19(26-24(21)28-23)17-11-7-4-8-12-17/h3-12,14-15H,13,25H2,1-2H3. The van der Waals surface area contributed by atoms with Gasteiger partial charge < -0.3 is 5.73 Å². The molecular formula is C24H22N2OS. The van der Waals surface area contributed by atoms with Gasteiger partial charge in [-0.05, 0) is 23.1 Å². The summed E-state index contributed by atoms with van der Waals surface area (Å²) >= 11 is 1.41. The number of hydrogen-bond acceptors (Lipinski definition) is 4. The number of benzene rings is 2. The lowest BCUT2D eigenvalue weighted by Gasteiger charge is -2.09. The monoisotopic (exact) mass is 386 g/mol. The molecule has 4 heteroatoms. The van der Waals surface area contributed by atoms with Crippen molar-refractivity contribution in [3.63, 3.8) is 0 Å². The van der Waals surface area contributed by atoms with Crippen LogP contribution in [-0.4, -0.2) is 10.8 Å². The van der Waals surface area contributed by atoms with E-state index >= 15 is 0 Å². The first-order valence-corrected chi connectivity index (χ1v) is 10.2. The Morgan fingerprint density at radius 2 is 1.61 bits per heavy atom. The molecule has 0 radical (unpaired) electrons. The molecule has 4 aromatic rings. The summed E-state index contributed by atoms with van der Waals surface area (Å²) in [6, 6.07) is 22.3. The summed E-state index contributed by atoms with van der Waals surface area (Å²) in [7, 11) is 0. The number of aromatic nitrogens is 1. The van der Waals surface area contributed by atoms with Crippen LogP contribution >= 0.6 is 11.3 Å². The van der Waals surface area contributed by atoms with Crippen LogP contribution in [0.5, 0.6) is 0 Å². The molecule has 2 aromatic heterocycles. The topological polar surface area (TPSA) is 56.0 Å². The van der Waals surface area contributed by atoms with Crippen molar-refractivity contribution in [1.29, 1.82) is 0 Å². The summed E-state index contributed by atoms with van der Waals surface area (Å²) in [5.74, 6) is 0.384. The maximum atomic E-state index is 12.8. The molecule has 3 nitrogen and oxygen atoms in total. The van der Waals surface area contributed by atoms with Gasteiger partial charge in [-0.15, -0.1) is 11.3 Å². The first-order chi connectivity index (χ1) is 13.5. The van der Waals surface area contributed by atoms with E-state index in [2.05, 4.69) is 18.2 Å². The van der Waals surface area contributed by atoms with Crippen molar-refractivity contribution in [2.45, 2.75) is 20.3 Å². The first-order valence-electron chi connectivity index (χ1n) is 9.41. The van der Waals surface area contributed by atoms with Gasteiger partial charge in [-0.1, -0.05) is 74.5 Å². The van der Waals surface area contributed by atoms with Gasteiger partial charge in [0.1, 0.15) is 4.83 Å². The summed E-state index contributed by atoms with van der Waals surface area (Å²) in [5, 5.41) is 0.878. The number of nitrogens with two attached hydrogens (primary N) is 1. The first kappa shape index (κ1) is 18.4. The Morgan fingerprint density at radius 3 is 2.21 bits per heavy atom. The summed E-state index contributed by atoms with van der Waals surface area (Å²) < 4.78 is 0. The molecule has 2 N–H and O–H groups in total. The van der Waals surface area contributed by atoms with Gasteiger partial charge in [-0.3, -0.25) is 4.79 Å². The molecule has 0 saturated heterocycles. The van der Waals surface area contributed by atoms with Crippen molar-refractivity contribution in [2.75, 3.05) is 5.73 Å². The molecule has 0 atom stereocenters. The Morgan fingerprint density at radius 1 is 1.00 bits per heavy atom. The largest absolute Gasteiger partial charge is 0.397 e. The number of carbonyl (C=O) groups excluding carboxylic acids is 1. The van der Waals surface area contributed by atoms with E-state index < -0.39 is 0 Å². The third kappa shape index (κ3) is 3.43. The number of hydrogen-bond donors (Lipinski definition) is 1. The van der Waals surface area contributed by atoms with Crippen molar-refractivity contribution >= 4 is 33.0 Å². The van der Waals surface area contributed by atoms with Crippen LogP contribution in [0, 0.1) is 5.92 Å². The van der Waals surface area contributed by atoms with Crippen LogP contribution < -0.4 is 5.73 Å². The van der Waals surface area contributed by atoms with Gasteiger partial charge in [0.05, 0.1) is 16.3 Å². The molecule has 0 fully saturated rings. The summed E-state index contributed by atoms with van der Waals surface area (Å²) in [5.41, 5.74) is 11.1. The highest BCUT2D eigenvalue weighted by molar-refractivity contribution is 7.21. The lowest BCUT2D eigenvalue weighted by molar-refractivity contribution is 0.0972. The van der Waals surface area contributed by atoms with Crippen LogP contribution in [-0.2, 0) is 0 Å².